The summed E-state index contributed by atoms with van der Waals surface area (Å²) >= 11 is 0. The van der Waals surface area contributed by atoms with Crippen molar-refractivity contribution < 1.29 is 8.83 Å². The van der Waals surface area contributed by atoms with Crippen molar-refractivity contribution in [3.8, 4) is 44.5 Å². The summed E-state index contributed by atoms with van der Waals surface area (Å²) in [5.41, 5.74) is 13.1. The molecule has 0 aliphatic heterocycles. The molecule has 2 heterocycles. The first-order valence-corrected chi connectivity index (χ1v) is 17.8. The van der Waals surface area contributed by atoms with Gasteiger partial charge in [0.25, 0.3) is 0 Å². The number of hydrogen-bond acceptors (Lipinski definition) is 2. The molecule has 2 heteroatoms. The van der Waals surface area contributed by atoms with Gasteiger partial charge >= 0.3 is 0 Å². The van der Waals surface area contributed by atoms with Crippen LogP contribution in [0.25, 0.3) is 110 Å². The number of benzene rings is 9. The number of fused-ring (bicyclic) bond motifs is 8. The van der Waals surface area contributed by atoms with Gasteiger partial charge in [-0.05, 0) is 96.4 Å². The molecule has 2 nitrogen and oxygen atoms in total. The molecule has 2 aromatic heterocycles. The minimum Gasteiger partial charge on any atom is -0.456 e. The molecule has 242 valence electrons. The molecule has 0 saturated heterocycles. The van der Waals surface area contributed by atoms with Gasteiger partial charge in [0.15, 0.2) is 0 Å². The van der Waals surface area contributed by atoms with Crippen LogP contribution < -0.4 is 0 Å². The minimum atomic E-state index is 0.896. The fourth-order valence-electron chi connectivity index (χ4n) is 8.41. The van der Waals surface area contributed by atoms with Crippen LogP contribution in [0.2, 0.25) is 0 Å². The van der Waals surface area contributed by atoms with Gasteiger partial charge in [-0.3, -0.25) is 0 Å². The molecule has 52 heavy (non-hydrogen) atoms. The lowest BCUT2D eigenvalue weighted by molar-refractivity contribution is 0.668. The van der Waals surface area contributed by atoms with Crippen LogP contribution >= 0.6 is 0 Å². The van der Waals surface area contributed by atoms with Crippen molar-refractivity contribution in [2.24, 2.45) is 0 Å². The second-order valence-corrected chi connectivity index (χ2v) is 13.6. The largest absolute Gasteiger partial charge is 0.456 e. The van der Waals surface area contributed by atoms with E-state index in [-0.39, 0.29) is 0 Å². The molecule has 0 N–H and O–H groups in total. The molecule has 0 bridgehead atoms. The average molecular weight is 663 g/mol. The maximum atomic E-state index is 6.37. The first-order chi connectivity index (χ1) is 25.8. The maximum absolute atomic E-state index is 6.37. The van der Waals surface area contributed by atoms with Gasteiger partial charge in [0, 0.05) is 21.5 Å². The van der Waals surface area contributed by atoms with Gasteiger partial charge in [0.05, 0.1) is 0 Å². The van der Waals surface area contributed by atoms with E-state index in [1.54, 1.807) is 0 Å². The van der Waals surface area contributed by atoms with Crippen LogP contribution in [-0.4, -0.2) is 0 Å². The summed E-state index contributed by atoms with van der Waals surface area (Å²) in [5, 5.41) is 9.37. The van der Waals surface area contributed by atoms with Gasteiger partial charge in [-0.25, -0.2) is 0 Å². The SMILES string of the molecule is c1ccc(-c2ccc(-c3c4cccc(-c5cccc6oc7ccccc7c56)c4cc4c(-c5cccc6oc7ccccc7c56)cccc34)cc2)cc1. The molecule has 9 aromatic carbocycles. The first-order valence-electron chi connectivity index (χ1n) is 17.8. The van der Waals surface area contributed by atoms with Gasteiger partial charge in [-0.2, -0.15) is 0 Å². The molecule has 11 aromatic rings. The van der Waals surface area contributed by atoms with Crippen molar-refractivity contribution in [2.45, 2.75) is 0 Å². The molecule has 0 unspecified atom stereocenters. The van der Waals surface area contributed by atoms with E-state index in [0.29, 0.717) is 0 Å². The molecule has 0 saturated carbocycles. The molecule has 11 rings (SSSR count). The number of rotatable bonds is 4. The zero-order valence-corrected chi connectivity index (χ0v) is 28.1. The van der Waals surface area contributed by atoms with Gasteiger partial charge in [0.1, 0.15) is 22.3 Å². The van der Waals surface area contributed by atoms with Crippen LogP contribution in [-0.2, 0) is 0 Å². The van der Waals surface area contributed by atoms with Crippen LogP contribution in [0, 0.1) is 0 Å². The molecule has 0 fully saturated rings. The highest BCUT2D eigenvalue weighted by Gasteiger charge is 2.20. The van der Waals surface area contributed by atoms with Crippen molar-refractivity contribution in [1.29, 1.82) is 0 Å². The van der Waals surface area contributed by atoms with Crippen LogP contribution in [0.1, 0.15) is 0 Å². The Morgan fingerprint density at radius 3 is 1.21 bits per heavy atom. The van der Waals surface area contributed by atoms with E-state index < -0.39 is 0 Å². The summed E-state index contributed by atoms with van der Waals surface area (Å²) in [6, 6.07) is 65.1. The third kappa shape index (κ3) is 4.31. The van der Waals surface area contributed by atoms with Crippen molar-refractivity contribution in [2.75, 3.05) is 0 Å². The Morgan fingerprint density at radius 2 is 0.654 bits per heavy atom. The molecule has 0 aliphatic rings. The Kier molecular flexibility index (Phi) is 6.28. The number of para-hydroxylation sites is 2. The lowest BCUT2D eigenvalue weighted by Crippen LogP contribution is -1.91. The molecular formula is C50H30O2. The number of furan rings is 2. The van der Waals surface area contributed by atoms with E-state index in [1.807, 2.05) is 12.1 Å². The first kappa shape index (κ1) is 28.9. The molecule has 0 atom stereocenters. The van der Waals surface area contributed by atoms with Crippen molar-refractivity contribution >= 4 is 65.4 Å². The quantitative estimate of drug-likeness (QED) is 0.175. The molecule has 0 spiro atoms. The summed E-state index contributed by atoms with van der Waals surface area (Å²) in [6.45, 7) is 0. The Labute approximate surface area is 299 Å². The predicted molar refractivity (Wildman–Crippen MR) is 218 cm³/mol. The smallest absolute Gasteiger partial charge is 0.136 e. The Morgan fingerprint density at radius 1 is 0.250 bits per heavy atom. The minimum absolute atomic E-state index is 0.896. The lowest BCUT2D eigenvalue weighted by Gasteiger charge is -2.18. The Balaban J connectivity index is 1.25. The van der Waals surface area contributed by atoms with Gasteiger partial charge in [0.2, 0.25) is 0 Å². The zero-order chi connectivity index (χ0) is 34.2. The van der Waals surface area contributed by atoms with Crippen molar-refractivity contribution in [3.05, 3.63) is 182 Å². The second kappa shape index (κ2) is 11.3. The van der Waals surface area contributed by atoms with E-state index in [9.17, 15) is 0 Å². The van der Waals surface area contributed by atoms with E-state index in [4.69, 9.17) is 8.83 Å². The van der Waals surface area contributed by atoms with Gasteiger partial charge < -0.3 is 8.83 Å². The zero-order valence-electron chi connectivity index (χ0n) is 28.1. The summed E-state index contributed by atoms with van der Waals surface area (Å²) in [6.07, 6.45) is 0. The van der Waals surface area contributed by atoms with Crippen LogP contribution in [0.15, 0.2) is 191 Å². The second-order valence-electron chi connectivity index (χ2n) is 13.6. The fourth-order valence-corrected chi connectivity index (χ4v) is 8.41. The van der Waals surface area contributed by atoms with E-state index in [1.165, 1.54) is 54.9 Å². The summed E-state index contributed by atoms with van der Waals surface area (Å²) in [5.74, 6) is 0. The summed E-state index contributed by atoms with van der Waals surface area (Å²) in [7, 11) is 0. The number of hydrogen-bond donors (Lipinski definition) is 0. The summed E-state index contributed by atoms with van der Waals surface area (Å²) < 4.78 is 12.7. The fraction of sp³-hybridized carbons (Fsp3) is 0. The van der Waals surface area contributed by atoms with Crippen LogP contribution in [0.3, 0.4) is 0 Å². The molecule has 0 radical (unpaired) electrons. The molecule has 0 amide bonds. The summed E-state index contributed by atoms with van der Waals surface area (Å²) in [4.78, 5) is 0. The molecular weight excluding hydrogens is 633 g/mol. The predicted octanol–water partition coefficient (Wildman–Crippen LogP) is 14.5. The van der Waals surface area contributed by atoms with Crippen molar-refractivity contribution in [1.82, 2.24) is 0 Å². The topological polar surface area (TPSA) is 26.3 Å². The average Bonchev–Trinajstić information content (AvgIpc) is 3.79. The van der Waals surface area contributed by atoms with Crippen LogP contribution in [0.4, 0.5) is 0 Å². The third-order valence-electron chi connectivity index (χ3n) is 10.7. The highest BCUT2D eigenvalue weighted by atomic mass is 16.3. The molecule has 0 aliphatic carbocycles. The standard InChI is InChI=1S/C50H30O2/c1-2-12-31(13-3-1)32-26-28-33(29-27-32)48-38-18-8-16-34(36-20-10-24-46-49(36)40-14-4-6-22-44(40)51-46)42(38)30-43-35(17-9-19-39(43)48)37-21-11-25-47-50(37)41-15-5-7-23-45(41)52-47/h1-30H. The van der Waals surface area contributed by atoms with Gasteiger partial charge in [-0.15, -0.1) is 0 Å². The third-order valence-corrected chi connectivity index (χ3v) is 10.7. The van der Waals surface area contributed by atoms with Gasteiger partial charge in [-0.1, -0.05) is 152 Å². The Hall–Kier alpha value is -6.90. The highest BCUT2D eigenvalue weighted by Crippen LogP contribution is 2.47. The highest BCUT2D eigenvalue weighted by molar-refractivity contribution is 6.23. The maximum Gasteiger partial charge on any atom is 0.136 e. The van der Waals surface area contributed by atoms with Crippen LogP contribution in [0.5, 0.6) is 0 Å². The van der Waals surface area contributed by atoms with Crippen molar-refractivity contribution in [3.63, 3.8) is 0 Å². The van der Waals surface area contributed by atoms with E-state index in [0.717, 1.165) is 55.0 Å². The normalized spacial score (nSPS) is 11.8. The van der Waals surface area contributed by atoms with E-state index in [2.05, 4.69) is 170 Å². The monoisotopic (exact) mass is 662 g/mol. The lowest BCUT2D eigenvalue weighted by atomic mass is 9.85. The Bertz CT molecular complexity index is 2990. The van der Waals surface area contributed by atoms with E-state index >= 15 is 0 Å².